The SMILES string of the molecule is N#Cc1ccc(F)c(Cn2cnc3cc(-c4ccccc4)sc3c2=O)c1. The predicted octanol–water partition coefficient (Wildman–Crippen LogP) is 4.18. The summed E-state index contributed by atoms with van der Waals surface area (Å²) >= 11 is 1.37. The molecule has 4 aromatic rings. The highest BCUT2D eigenvalue weighted by Crippen LogP contribution is 2.30. The summed E-state index contributed by atoms with van der Waals surface area (Å²) in [6.07, 6.45) is 1.42. The quantitative estimate of drug-likeness (QED) is 0.550. The highest BCUT2D eigenvalue weighted by molar-refractivity contribution is 7.22. The first-order valence-electron chi connectivity index (χ1n) is 7.88. The Morgan fingerprint density at radius 3 is 2.73 bits per heavy atom. The van der Waals surface area contributed by atoms with Gasteiger partial charge < -0.3 is 0 Å². The summed E-state index contributed by atoms with van der Waals surface area (Å²) in [5.41, 5.74) is 2.07. The molecular weight excluding hydrogens is 349 g/mol. The molecule has 0 saturated heterocycles. The summed E-state index contributed by atoms with van der Waals surface area (Å²) in [6, 6.07) is 17.7. The van der Waals surface area contributed by atoms with E-state index in [1.165, 1.54) is 40.4 Å². The van der Waals surface area contributed by atoms with Crippen molar-refractivity contribution in [3.63, 3.8) is 0 Å². The van der Waals surface area contributed by atoms with Crippen molar-refractivity contribution in [1.82, 2.24) is 9.55 Å². The first kappa shape index (κ1) is 16.2. The van der Waals surface area contributed by atoms with Gasteiger partial charge in [0.15, 0.2) is 0 Å². The van der Waals surface area contributed by atoms with E-state index in [-0.39, 0.29) is 17.7 Å². The molecule has 0 N–H and O–H groups in total. The van der Waals surface area contributed by atoms with Crippen LogP contribution in [0.15, 0.2) is 65.7 Å². The Bertz CT molecular complexity index is 1210. The lowest BCUT2D eigenvalue weighted by molar-refractivity contribution is 0.595. The molecule has 4 nitrogen and oxygen atoms in total. The van der Waals surface area contributed by atoms with Crippen LogP contribution in [-0.4, -0.2) is 9.55 Å². The molecule has 126 valence electrons. The molecule has 4 rings (SSSR count). The van der Waals surface area contributed by atoms with Crippen LogP contribution in [0.1, 0.15) is 11.1 Å². The standard InChI is InChI=1S/C20H12FN3OS/c21-16-7-6-13(10-22)8-15(16)11-24-12-23-17-9-18(26-19(17)20(24)25)14-4-2-1-3-5-14/h1-9,12H,11H2. The molecule has 26 heavy (non-hydrogen) atoms. The van der Waals surface area contributed by atoms with Crippen molar-refractivity contribution in [2.45, 2.75) is 6.54 Å². The number of nitrogens with zero attached hydrogens (tertiary/aromatic N) is 3. The summed E-state index contributed by atoms with van der Waals surface area (Å²) in [6.45, 7) is 0.0295. The van der Waals surface area contributed by atoms with E-state index in [2.05, 4.69) is 4.98 Å². The Morgan fingerprint density at radius 2 is 1.96 bits per heavy atom. The van der Waals surface area contributed by atoms with Crippen LogP contribution in [-0.2, 0) is 6.54 Å². The molecule has 0 atom stereocenters. The van der Waals surface area contributed by atoms with Crippen LogP contribution in [0.5, 0.6) is 0 Å². The fourth-order valence-corrected chi connectivity index (χ4v) is 3.82. The van der Waals surface area contributed by atoms with Crippen LogP contribution < -0.4 is 5.56 Å². The van der Waals surface area contributed by atoms with Gasteiger partial charge in [0.1, 0.15) is 10.5 Å². The van der Waals surface area contributed by atoms with Crippen molar-refractivity contribution in [3.8, 4) is 16.5 Å². The summed E-state index contributed by atoms with van der Waals surface area (Å²) in [7, 11) is 0. The third-order valence-corrected chi connectivity index (χ3v) is 5.24. The molecule has 6 heteroatoms. The molecule has 2 heterocycles. The van der Waals surface area contributed by atoms with Crippen LogP contribution >= 0.6 is 11.3 Å². The van der Waals surface area contributed by atoms with Gasteiger partial charge in [-0.05, 0) is 29.8 Å². The molecule has 0 spiro atoms. The molecule has 0 unspecified atom stereocenters. The summed E-state index contributed by atoms with van der Waals surface area (Å²) in [5.74, 6) is -0.452. The minimum absolute atomic E-state index is 0.0295. The molecule has 0 bridgehead atoms. The molecule has 0 aliphatic heterocycles. The van der Waals surface area contributed by atoms with Crippen molar-refractivity contribution in [2.24, 2.45) is 0 Å². The second-order valence-electron chi connectivity index (χ2n) is 5.79. The molecule has 0 aliphatic carbocycles. The van der Waals surface area contributed by atoms with Crippen molar-refractivity contribution < 1.29 is 4.39 Å². The van der Waals surface area contributed by atoms with Gasteiger partial charge in [0.2, 0.25) is 0 Å². The van der Waals surface area contributed by atoms with E-state index in [4.69, 9.17) is 5.26 Å². The van der Waals surface area contributed by atoms with Gasteiger partial charge >= 0.3 is 0 Å². The summed E-state index contributed by atoms with van der Waals surface area (Å²) in [4.78, 5) is 18.1. The molecule has 0 amide bonds. The van der Waals surface area contributed by atoms with E-state index < -0.39 is 5.82 Å². The summed E-state index contributed by atoms with van der Waals surface area (Å²) in [5, 5.41) is 8.97. The largest absolute Gasteiger partial charge is 0.293 e. The molecule has 2 aromatic carbocycles. The third kappa shape index (κ3) is 2.89. The molecular formula is C20H12FN3OS. The zero-order chi connectivity index (χ0) is 18.1. The minimum Gasteiger partial charge on any atom is -0.293 e. The van der Waals surface area contributed by atoms with Gasteiger partial charge in [-0.1, -0.05) is 30.3 Å². The Labute approximate surface area is 152 Å². The van der Waals surface area contributed by atoms with Crippen LogP contribution in [0, 0.1) is 17.1 Å². The van der Waals surface area contributed by atoms with Crippen molar-refractivity contribution in [3.05, 3.63) is 88.2 Å². The van der Waals surface area contributed by atoms with Crippen molar-refractivity contribution in [1.29, 1.82) is 5.26 Å². The number of aromatic nitrogens is 2. The van der Waals surface area contributed by atoms with Crippen LogP contribution in [0.4, 0.5) is 4.39 Å². The number of fused-ring (bicyclic) bond motifs is 1. The Hall–Kier alpha value is -3.30. The Kier molecular flexibility index (Phi) is 4.07. The second-order valence-corrected chi connectivity index (χ2v) is 6.84. The van der Waals surface area contributed by atoms with Crippen molar-refractivity contribution >= 4 is 21.6 Å². The van der Waals surface area contributed by atoms with Gasteiger partial charge in [0.05, 0.1) is 30.0 Å². The van der Waals surface area contributed by atoms with Gasteiger partial charge in [0, 0.05) is 10.4 Å². The number of halogens is 1. The summed E-state index contributed by atoms with van der Waals surface area (Å²) < 4.78 is 15.9. The molecule has 0 saturated carbocycles. The second kappa shape index (κ2) is 6.54. The van der Waals surface area contributed by atoms with Crippen LogP contribution in [0.25, 0.3) is 20.7 Å². The van der Waals surface area contributed by atoms with E-state index in [9.17, 15) is 9.18 Å². The van der Waals surface area contributed by atoms with Gasteiger partial charge in [-0.25, -0.2) is 9.37 Å². The zero-order valence-electron chi connectivity index (χ0n) is 13.5. The van der Waals surface area contributed by atoms with E-state index in [1.54, 1.807) is 0 Å². The number of rotatable bonds is 3. The lowest BCUT2D eigenvalue weighted by atomic mass is 10.1. The van der Waals surface area contributed by atoms with E-state index in [0.29, 0.717) is 15.8 Å². The Balaban J connectivity index is 1.77. The monoisotopic (exact) mass is 361 g/mol. The first-order valence-corrected chi connectivity index (χ1v) is 8.70. The maximum atomic E-state index is 14.0. The normalized spacial score (nSPS) is 10.8. The van der Waals surface area contributed by atoms with Gasteiger partial charge in [-0.2, -0.15) is 5.26 Å². The number of hydrogen-bond acceptors (Lipinski definition) is 4. The highest BCUT2D eigenvalue weighted by Gasteiger charge is 2.12. The number of nitriles is 1. The topological polar surface area (TPSA) is 58.7 Å². The maximum Gasteiger partial charge on any atom is 0.271 e. The third-order valence-electron chi connectivity index (χ3n) is 4.08. The van der Waals surface area contributed by atoms with E-state index in [0.717, 1.165) is 10.4 Å². The molecule has 0 radical (unpaired) electrons. The minimum atomic E-state index is -0.452. The van der Waals surface area contributed by atoms with Gasteiger partial charge in [-0.15, -0.1) is 11.3 Å². The fraction of sp³-hybridized carbons (Fsp3) is 0.0500. The lowest BCUT2D eigenvalue weighted by Gasteiger charge is -2.06. The average molecular weight is 361 g/mol. The fourth-order valence-electron chi connectivity index (χ4n) is 2.75. The average Bonchev–Trinajstić information content (AvgIpc) is 3.11. The predicted molar refractivity (Wildman–Crippen MR) is 99.5 cm³/mol. The van der Waals surface area contributed by atoms with Crippen LogP contribution in [0.3, 0.4) is 0 Å². The van der Waals surface area contributed by atoms with Crippen molar-refractivity contribution in [2.75, 3.05) is 0 Å². The number of thiophene rings is 1. The maximum absolute atomic E-state index is 14.0. The number of benzene rings is 2. The van der Waals surface area contributed by atoms with E-state index in [1.807, 2.05) is 42.5 Å². The smallest absolute Gasteiger partial charge is 0.271 e. The lowest BCUT2D eigenvalue weighted by Crippen LogP contribution is -2.20. The van der Waals surface area contributed by atoms with E-state index >= 15 is 0 Å². The van der Waals surface area contributed by atoms with Gasteiger partial charge in [0.25, 0.3) is 5.56 Å². The zero-order valence-corrected chi connectivity index (χ0v) is 14.3. The highest BCUT2D eigenvalue weighted by atomic mass is 32.1. The van der Waals surface area contributed by atoms with Gasteiger partial charge in [-0.3, -0.25) is 9.36 Å². The molecule has 0 fully saturated rings. The molecule has 0 aliphatic rings. The van der Waals surface area contributed by atoms with Crippen LogP contribution in [0.2, 0.25) is 0 Å². The Morgan fingerprint density at radius 1 is 1.15 bits per heavy atom. The number of hydrogen-bond donors (Lipinski definition) is 0. The first-order chi connectivity index (χ1) is 12.7. The molecule has 2 aromatic heterocycles.